The van der Waals surface area contributed by atoms with Gasteiger partial charge in [0.05, 0.1) is 7.11 Å². The summed E-state index contributed by atoms with van der Waals surface area (Å²) in [6, 6.07) is 8.67. The van der Waals surface area contributed by atoms with Gasteiger partial charge in [-0.05, 0) is 49.9 Å². The second kappa shape index (κ2) is 6.16. The van der Waals surface area contributed by atoms with E-state index < -0.39 is 5.54 Å². The molecule has 0 radical (unpaired) electrons. The van der Waals surface area contributed by atoms with Crippen molar-refractivity contribution in [3.05, 3.63) is 35.4 Å². The van der Waals surface area contributed by atoms with Gasteiger partial charge in [-0.2, -0.15) is 0 Å². The second-order valence-electron chi connectivity index (χ2n) is 6.23. The van der Waals surface area contributed by atoms with Gasteiger partial charge >= 0.3 is 5.97 Å². The Morgan fingerprint density at radius 1 is 1.29 bits per heavy atom. The molecule has 21 heavy (non-hydrogen) atoms. The van der Waals surface area contributed by atoms with E-state index in [4.69, 9.17) is 4.74 Å². The first-order valence-corrected chi connectivity index (χ1v) is 7.85. The molecule has 3 rings (SSSR count). The van der Waals surface area contributed by atoms with E-state index in [1.165, 1.54) is 44.2 Å². The highest BCUT2D eigenvalue weighted by Crippen LogP contribution is 2.36. The number of carbonyl (C=O) groups excluding carboxylic acids is 1. The summed E-state index contributed by atoms with van der Waals surface area (Å²) in [6.07, 6.45) is 4.41. The van der Waals surface area contributed by atoms with Gasteiger partial charge in [0.1, 0.15) is 5.54 Å². The number of rotatable bonds is 6. The smallest absolute Gasteiger partial charge is 0.326 e. The van der Waals surface area contributed by atoms with Gasteiger partial charge in [-0.1, -0.05) is 24.3 Å². The molecule has 1 saturated carbocycles. The highest BCUT2D eigenvalue weighted by molar-refractivity contribution is 5.84. The Kier molecular flexibility index (Phi) is 4.27. The number of nitrogens with one attached hydrogen (secondary N) is 1. The molecule has 0 aromatic heterocycles. The van der Waals surface area contributed by atoms with E-state index in [-0.39, 0.29) is 5.97 Å². The van der Waals surface area contributed by atoms with Crippen molar-refractivity contribution in [2.75, 3.05) is 20.2 Å². The summed E-state index contributed by atoms with van der Waals surface area (Å²) in [5, 5.41) is 3.37. The fraction of sp³-hybridized carbons (Fsp3) is 0.588. The van der Waals surface area contributed by atoms with Crippen LogP contribution in [0.2, 0.25) is 0 Å². The van der Waals surface area contributed by atoms with E-state index in [2.05, 4.69) is 34.5 Å². The van der Waals surface area contributed by atoms with Crippen LogP contribution in [0.25, 0.3) is 0 Å². The van der Waals surface area contributed by atoms with Crippen LogP contribution in [0.5, 0.6) is 0 Å². The Labute approximate surface area is 126 Å². The average Bonchev–Trinajstić information content (AvgIpc) is 3.14. The van der Waals surface area contributed by atoms with E-state index in [9.17, 15) is 4.79 Å². The molecule has 1 aromatic carbocycles. The molecule has 0 bridgehead atoms. The maximum Gasteiger partial charge on any atom is 0.326 e. The summed E-state index contributed by atoms with van der Waals surface area (Å²) in [6.45, 7) is 4.20. The predicted octanol–water partition coefficient (Wildman–Crippen LogP) is 2.08. The Bertz CT molecular complexity index is 505. The first-order valence-electron chi connectivity index (χ1n) is 7.85. The lowest BCUT2D eigenvalue weighted by Gasteiger charge is -2.17. The largest absolute Gasteiger partial charge is 0.468 e. The van der Waals surface area contributed by atoms with Gasteiger partial charge < -0.3 is 4.74 Å². The second-order valence-corrected chi connectivity index (χ2v) is 6.23. The number of benzene rings is 1. The minimum Gasteiger partial charge on any atom is -0.468 e. The third-order valence-electron chi connectivity index (χ3n) is 4.55. The summed E-state index contributed by atoms with van der Waals surface area (Å²) in [5.41, 5.74) is 2.18. The minimum atomic E-state index is -0.417. The SMILES string of the molecule is COC(=O)C1(NCc2cccc(CN3CCCC3)c2)CC1. The van der Waals surface area contributed by atoms with Crippen molar-refractivity contribution in [3.63, 3.8) is 0 Å². The van der Waals surface area contributed by atoms with Crippen LogP contribution in [-0.4, -0.2) is 36.6 Å². The molecule has 1 aromatic rings. The molecule has 1 N–H and O–H groups in total. The van der Waals surface area contributed by atoms with Crippen molar-refractivity contribution >= 4 is 5.97 Å². The first-order chi connectivity index (χ1) is 10.2. The molecule has 1 aliphatic heterocycles. The zero-order valence-electron chi connectivity index (χ0n) is 12.7. The lowest BCUT2D eigenvalue weighted by Crippen LogP contribution is -2.39. The third kappa shape index (κ3) is 3.44. The Morgan fingerprint density at radius 3 is 2.67 bits per heavy atom. The highest BCUT2D eigenvalue weighted by atomic mass is 16.5. The van der Waals surface area contributed by atoms with Crippen LogP contribution in [0.4, 0.5) is 0 Å². The maximum atomic E-state index is 11.7. The molecule has 0 unspecified atom stereocenters. The fourth-order valence-corrected chi connectivity index (χ4v) is 3.08. The average molecular weight is 288 g/mol. The summed E-state index contributed by atoms with van der Waals surface area (Å²) < 4.78 is 4.87. The quantitative estimate of drug-likeness (QED) is 0.814. The number of ether oxygens (including phenoxy) is 1. The van der Waals surface area contributed by atoms with Crippen LogP contribution < -0.4 is 5.32 Å². The molecule has 0 spiro atoms. The molecule has 0 amide bonds. The summed E-state index contributed by atoms with van der Waals surface area (Å²) in [7, 11) is 1.46. The molecular formula is C17H24N2O2. The van der Waals surface area contributed by atoms with Gasteiger partial charge in [-0.25, -0.2) is 0 Å². The van der Waals surface area contributed by atoms with Gasteiger partial charge in [0.15, 0.2) is 0 Å². The fourth-order valence-electron chi connectivity index (χ4n) is 3.08. The van der Waals surface area contributed by atoms with Crippen LogP contribution in [0.3, 0.4) is 0 Å². The molecule has 2 fully saturated rings. The van der Waals surface area contributed by atoms with E-state index in [0.29, 0.717) is 0 Å². The number of esters is 1. The van der Waals surface area contributed by atoms with E-state index >= 15 is 0 Å². The lowest BCUT2D eigenvalue weighted by molar-refractivity contribution is -0.144. The van der Waals surface area contributed by atoms with E-state index in [1.807, 2.05) is 0 Å². The molecule has 4 nitrogen and oxygen atoms in total. The molecule has 1 heterocycles. The van der Waals surface area contributed by atoms with Crippen molar-refractivity contribution in [1.82, 2.24) is 10.2 Å². The standard InChI is InChI=1S/C17H24N2O2/c1-21-16(20)17(7-8-17)18-12-14-5-4-6-15(11-14)13-19-9-2-3-10-19/h4-6,11,18H,2-3,7-10,12-13H2,1H3. The van der Waals surface area contributed by atoms with Crippen LogP contribution >= 0.6 is 0 Å². The number of hydrogen-bond acceptors (Lipinski definition) is 4. The van der Waals surface area contributed by atoms with Gasteiger partial charge in [0.2, 0.25) is 0 Å². The van der Waals surface area contributed by atoms with Crippen LogP contribution in [0, 0.1) is 0 Å². The van der Waals surface area contributed by atoms with Crippen LogP contribution in [-0.2, 0) is 22.6 Å². The minimum absolute atomic E-state index is 0.129. The highest BCUT2D eigenvalue weighted by Gasteiger charge is 2.50. The third-order valence-corrected chi connectivity index (χ3v) is 4.55. The molecule has 0 atom stereocenters. The number of nitrogens with zero attached hydrogens (tertiary/aromatic N) is 1. The topological polar surface area (TPSA) is 41.6 Å². The Hall–Kier alpha value is -1.39. The molecule has 2 aliphatic rings. The number of methoxy groups -OCH3 is 1. The zero-order valence-corrected chi connectivity index (χ0v) is 12.7. The molecule has 114 valence electrons. The van der Waals surface area contributed by atoms with E-state index in [0.717, 1.165) is 25.9 Å². The molecule has 1 aliphatic carbocycles. The van der Waals surface area contributed by atoms with Gasteiger partial charge in [-0.3, -0.25) is 15.0 Å². The van der Waals surface area contributed by atoms with Gasteiger partial charge in [-0.15, -0.1) is 0 Å². The normalized spacial score (nSPS) is 20.4. The Morgan fingerprint density at radius 2 is 2.00 bits per heavy atom. The maximum absolute atomic E-state index is 11.7. The number of likely N-dealkylation sites (tertiary alicyclic amines) is 1. The zero-order chi connectivity index (χ0) is 14.7. The van der Waals surface area contributed by atoms with Gasteiger partial charge in [0, 0.05) is 13.1 Å². The summed E-state index contributed by atoms with van der Waals surface area (Å²) in [5.74, 6) is -0.129. The summed E-state index contributed by atoms with van der Waals surface area (Å²) in [4.78, 5) is 14.2. The summed E-state index contributed by atoms with van der Waals surface area (Å²) >= 11 is 0. The number of carbonyl (C=O) groups is 1. The van der Waals surface area contributed by atoms with Crippen molar-refractivity contribution < 1.29 is 9.53 Å². The Balaban J connectivity index is 1.57. The van der Waals surface area contributed by atoms with Crippen molar-refractivity contribution in [2.45, 2.75) is 44.3 Å². The van der Waals surface area contributed by atoms with Gasteiger partial charge in [0.25, 0.3) is 0 Å². The number of hydrogen-bond donors (Lipinski definition) is 1. The molecule has 1 saturated heterocycles. The van der Waals surface area contributed by atoms with Crippen molar-refractivity contribution in [3.8, 4) is 0 Å². The monoisotopic (exact) mass is 288 g/mol. The van der Waals surface area contributed by atoms with Crippen molar-refractivity contribution in [1.29, 1.82) is 0 Å². The lowest BCUT2D eigenvalue weighted by atomic mass is 10.1. The molecular weight excluding hydrogens is 264 g/mol. The van der Waals surface area contributed by atoms with Crippen LogP contribution in [0.15, 0.2) is 24.3 Å². The van der Waals surface area contributed by atoms with Crippen molar-refractivity contribution in [2.24, 2.45) is 0 Å². The van der Waals surface area contributed by atoms with Crippen LogP contribution in [0.1, 0.15) is 36.8 Å². The predicted molar refractivity (Wildman–Crippen MR) is 81.8 cm³/mol. The van der Waals surface area contributed by atoms with E-state index in [1.54, 1.807) is 0 Å². The molecule has 4 heteroatoms. The first kappa shape index (κ1) is 14.5.